The first-order valence-corrected chi connectivity index (χ1v) is 5.73. The van der Waals surface area contributed by atoms with Crippen LogP contribution in [-0.2, 0) is 0 Å². The SMILES string of the molecule is SN1CCCCC2CCCCC21. The van der Waals surface area contributed by atoms with Gasteiger partial charge in [-0.3, -0.25) is 0 Å². The summed E-state index contributed by atoms with van der Waals surface area (Å²) in [6.07, 6.45) is 9.99. The minimum absolute atomic E-state index is 0.810. The third-order valence-electron chi connectivity index (χ3n) is 3.46. The van der Waals surface area contributed by atoms with E-state index in [1.54, 1.807) is 0 Å². The van der Waals surface area contributed by atoms with Crippen molar-refractivity contribution in [1.29, 1.82) is 0 Å². The maximum absolute atomic E-state index is 4.59. The summed E-state index contributed by atoms with van der Waals surface area (Å²) in [5, 5.41) is 0. The highest BCUT2D eigenvalue weighted by molar-refractivity contribution is 7.77. The van der Waals surface area contributed by atoms with Gasteiger partial charge >= 0.3 is 0 Å². The molecule has 1 nitrogen and oxygen atoms in total. The van der Waals surface area contributed by atoms with Gasteiger partial charge in [-0.1, -0.05) is 32.1 Å². The number of fused-ring (bicyclic) bond motifs is 1. The average Bonchev–Trinajstić information content (AvgIpc) is 2.29. The van der Waals surface area contributed by atoms with Gasteiger partial charge in [-0.05, 0) is 31.6 Å². The van der Waals surface area contributed by atoms with Gasteiger partial charge in [-0.2, -0.15) is 0 Å². The first kappa shape index (κ1) is 8.89. The van der Waals surface area contributed by atoms with Crippen molar-refractivity contribution >= 4 is 12.8 Å². The lowest BCUT2D eigenvalue weighted by atomic mass is 9.82. The minimum Gasteiger partial charge on any atom is -0.250 e. The molecule has 0 spiro atoms. The fraction of sp³-hybridized carbons (Fsp3) is 1.00. The molecule has 0 aromatic carbocycles. The lowest BCUT2D eigenvalue weighted by molar-refractivity contribution is 0.204. The van der Waals surface area contributed by atoms with Crippen molar-refractivity contribution < 1.29 is 0 Å². The molecule has 70 valence electrons. The molecule has 0 aromatic heterocycles. The van der Waals surface area contributed by atoms with Crippen molar-refractivity contribution in [1.82, 2.24) is 4.31 Å². The van der Waals surface area contributed by atoms with Crippen molar-refractivity contribution in [3.05, 3.63) is 0 Å². The lowest BCUT2D eigenvalue weighted by Crippen LogP contribution is -2.35. The van der Waals surface area contributed by atoms with Crippen LogP contribution in [0.15, 0.2) is 0 Å². The Bertz CT molecular complexity index is 149. The highest BCUT2D eigenvalue weighted by atomic mass is 32.1. The molecule has 2 rings (SSSR count). The fourth-order valence-corrected chi connectivity index (χ4v) is 3.21. The third-order valence-corrected chi connectivity index (χ3v) is 3.96. The van der Waals surface area contributed by atoms with Crippen LogP contribution in [0.2, 0.25) is 0 Å². The Morgan fingerprint density at radius 1 is 0.917 bits per heavy atom. The van der Waals surface area contributed by atoms with Crippen LogP contribution in [0.4, 0.5) is 0 Å². The Labute approximate surface area is 81.1 Å². The van der Waals surface area contributed by atoms with Crippen LogP contribution in [0, 0.1) is 5.92 Å². The fourth-order valence-electron chi connectivity index (χ4n) is 2.76. The van der Waals surface area contributed by atoms with Crippen molar-refractivity contribution in [2.75, 3.05) is 6.54 Å². The summed E-state index contributed by atoms with van der Waals surface area (Å²) in [6.45, 7) is 1.21. The van der Waals surface area contributed by atoms with E-state index in [0.717, 1.165) is 12.0 Å². The molecule has 0 bridgehead atoms. The van der Waals surface area contributed by atoms with E-state index in [2.05, 4.69) is 17.1 Å². The van der Waals surface area contributed by atoms with Crippen molar-refractivity contribution in [3.8, 4) is 0 Å². The normalized spacial score (nSPS) is 38.8. The molecule has 0 N–H and O–H groups in total. The summed E-state index contributed by atoms with van der Waals surface area (Å²) < 4.78 is 2.32. The second kappa shape index (κ2) is 4.01. The number of hydrogen-bond acceptors (Lipinski definition) is 2. The lowest BCUT2D eigenvalue weighted by Gasteiger charge is -2.34. The minimum atomic E-state index is 0.810. The Hall–Kier alpha value is 0.310. The summed E-state index contributed by atoms with van der Waals surface area (Å²) in [5.74, 6) is 0.971. The van der Waals surface area contributed by atoms with E-state index in [9.17, 15) is 0 Å². The van der Waals surface area contributed by atoms with Crippen LogP contribution in [0.5, 0.6) is 0 Å². The molecule has 1 aliphatic carbocycles. The largest absolute Gasteiger partial charge is 0.250 e. The second-order valence-electron chi connectivity index (χ2n) is 4.27. The van der Waals surface area contributed by atoms with E-state index in [4.69, 9.17) is 0 Å². The first-order chi connectivity index (χ1) is 5.88. The van der Waals surface area contributed by atoms with E-state index < -0.39 is 0 Å². The van der Waals surface area contributed by atoms with Gasteiger partial charge in [0.2, 0.25) is 0 Å². The summed E-state index contributed by atoms with van der Waals surface area (Å²) in [6, 6.07) is 0.810. The predicted octanol–water partition coefficient (Wildman–Crippen LogP) is 2.88. The van der Waals surface area contributed by atoms with Crippen LogP contribution < -0.4 is 0 Å². The van der Waals surface area contributed by atoms with Gasteiger partial charge in [0.25, 0.3) is 0 Å². The van der Waals surface area contributed by atoms with Crippen molar-refractivity contribution in [2.45, 2.75) is 51.0 Å². The zero-order valence-electron chi connectivity index (χ0n) is 7.71. The van der Waals surface area contributed by atoms with Gasteiger partial charge in [0.15, 0.2) is 0 Å². The van der Waals surface area contributed by atoms with E-state index in [1.807, 2.05) is 0 Å². The molecule has 2 aliphatic rings. The predicted molar refractivity (Wildman–Crippen MR) is 55.3 cm³/mol. The second-order valence-corrected chi connectivity index (χ2v) is 4.78. The van der Waals surface area contributed by atoms with Crippen LogP contribution in [0.3, 0.4) is 0 Å². The molecule has 2 heteroatoms. The molecule has 0 aromatic rings. The summed E-state index contributed by atoms with van der Waals surface area (Å²) in [7, 11) is 0. The standard InChI is InChI=1S/C10H19NS/c12-11-8-4-3-6-9-5-1-2-7-10(9)11/h9-10,12H,1-8H2. The average molecular weight is 185 g/mol. The first-order valence-electron chi connectivity index (χ1n) is 5.33. The number of thiol groups is 1. The zero-order valence-corrected chi connectivity index (χ0v) is 8.60. The maximum Gasteiger partial charge on any atom is 0.0228 e. The molecule has 1 saturated heterocycles. The summed E-state index contributed by atoms with van der Waals surface area (Å²) in [4.78, 5) is 0. The molecular formula is C10H19NS. The quantitative estimate of drug-likeness (QED) is 0.568. The Balaban J connectivity index is 2.01. The van der Waals surface area contributed by atoms with Crippen molar-refractivity contribution in [3.63, 3.8) is 0 Å². The molecule has 1 heterocycles. The Morgan fingerprint density at radius 3 is 2.42 bits per heavy atom. The molecule has 2 fully saturated rings. The number of hydrogen-bond donors (Lipinski definition) is 1. The van der Waals surface area contributed by atoms with Crippen LogP contribution >= 0.6 is 12.8 Å². The smallest absolute Gasteiger partial charge is 0.0228 e. The highest BCUT2D eigenvalue weighted by Gasteiger charge is 2.29. The van der Waals surface area contributed by atoms with E-state index in [1.165, 1.54) is 51.5 Å². The van der Waals surface area contributed by atoms with Gasteiger partial charge in [0.1, 0.15) is 0 Å². The monoisotopic (exact) mass is 185 g/mol. The number of nitrogens with zero attached hydrogens (tertiary/aromatic N) is 1. The Morgan fingerprint density at radius 2 is 1.58 bits per heavy atom. The van der Waals surface area contributed by atoms with Crippen LogP contribution in [0.25, 0.3) is 0 Å². The zero-order chi connectivity index (χ0) is 8.39. The molecule has 2 unspecified atom stereocenters. The summed E-state index contributed by atoms with van der Waals surface area (Å²) in [5.41, 5.74) is 0. The molecule has 1 aliphatic heterocycles. The van der Waals surface area contributed by atoms with Crippen LogP contribution in [-0.4, -0.2) is 16.9 Å². The molecule has 12 heavy (non-hydrogen) atoms. The van der Waals surface area contributed by atoms with Crippen LogP contribution in [0.1, 0.15) is 44.9 Å². The van der Waals surface area contributed by atoms with Gasteiger partial charge in [-0.15, -0.1) is 0 Å². The highest BCUT2D eigenvalue weighted by Crippen LogP contribution is 2.34. The topological polar surface area (TPSA) is 3.24 Å². The maximum atomic E-state index is 4.59. The number of rotatable bonds is 0. The van der Waals surface area contributed by atoms with E-state index in [0.29, 0.717) is 0 Å². The van der Waals surface area contributed by atoms with Gasteiger partial charge in [0.05, 0.1) is 0 Å². The molecule has 2 atom stereocenters. The van der Waals surface area contributed by atoms with E-state index >= 15 is 0 Å². The molecular weight excluding hydrogens is 166 g/mol. The Kier molecular flexibility index (Phi) is 2.97. The summed E-state index contributed by atoms with van der Waals surface area (Å²) >= 11 is 4.59. The van der Waals surface area contributed by atoms with Crippen molar-refractivity contribution in [2.24, 2.45) is 5.92 Å². The van der Waals surface area contributed by atoms with Gasteiger partial charge < -0.3 is 0 Å². The van der Waals surface area contributed by atoms with Gasteiger partial charge in [-0.25, -0.2) is 4.31 Å². The molecule has 0 amide bonds. The van der Waals surface area contributed by atoms with E-state index in [-0.39, 0.29) is 0 Å². The third kappa shape index (κ3) is 1.80. The van der Waals surface area contributed by atoms with Gasteiger partial charge in [0, 0.05) is 12.6 Å². The molecule has 0 radical (unpaired) electrons. The molecule has 1 saturated carbocycles.